The summed E-state index contributed by atoms with van der Waals surface area (Å²) in [5, 5.41) is 0.562. The van der Waals surface area contributed by atoms with E-state index in [-0.39, 0.29) is 5.91 Å². The number of thioether (sulfide) groups is 1. The van der Waals surface area contributed by atoms with Gasteiger partial charge in [0, 0.05) is 38.3 Å². The SMILES string of the molecule is COc1ccc(OC)c(CN2CCN(C(=O)CSc3nc(C)c(C)o3)CC2)c1. The predicted octanol–water partition coefficient (Wildman–Crippen LogP) is 2.75. The molecule has 0 spiro atoms. The van der Waals surface area contributed by atoms with Gasteiger partial charge in [0.2, 0.25) is 5.91 Å². The van der Waals surface area contributed by atoms with Crippen LogP contribution in [-0.2, 0) is 11.3 Å². The Hall–Kier alpha value is -2.19. The van der Waals surface area contributed by atoms with Crippen LogP contribution in [0.1, 0.15) is 17.0 Å². The maximum Gasteiger partial charge on any atom is 0.256 e. The van der Waals surface area contributed by atoms with Crippen molar-refractivity contribution in [1.82, 2.24) is 14.8 Å². The zero-order chi connectivity index (χ0) is 20.1. The van der Waals surface area contributed by atoms with Crippen molar-refractivity contribution in [3.8, 4) is 11.5 Å². The Morgan fingerprint density at radius 2 is 1.93 bits per heavy atom. The number of nitrogens with zero attached hydrogens (tertiary/aromatic N) is 3. The van der Waals surface area contributed by atoms with Gasteiger partial charge in [-0.25, -0.2) is 4.98 Å². The minimum Gasteiger partial charge on any atom is -0.497 e. The molecule has 3 rings (SSSR count). The molecule has 1 saturated heterocycles. The fourth-order valence-corrected chi connectivity index (χ4v) is 3.94. The first-order valence-electron chi connectivity index (χ1n) is 9.28. The molecular weight excluding hydrogens is 378 g/mol. The zero-order valence-corrected chi connectivity index (χ0v) is 17.7. The Balaban J connectivity index is 1.49. The highest BCUT2D eigenvalue weighted by Crippen LogP contribution is 2.26. The number of hydrogen-bond donors (Lipinski definition) is 0. The van der Waals surface area contributed by atoms with Crippen molar-refractivity contribution in [3.63, 3.8) is 0 Å². The van der Waals surface area contributed by atoms with Crippen molar-refractivity contribution in [2.75, 3.05) is 46.2 Å². The average Bonchev–Trinajstić information content (AvgIpc) is 3.04. The molecule has 2 aromatic rings. The summed E-state index contributed by atoms with van der Waals surface area (Å²) in [6.07, 6.45) is 0. The highest BCUT2D eigenvalue weighted by Gasteiger charge is 2.22. The van der Waals surface area contributed by atoms with E-state index in [9.17, 15) is 4.79 Å². The molecule has 0 aliphatic carbocycles. The second kappa shape index (κ2) is 9.34. The Morgan fingerprint density at radius 1 is 1.18 bits per heavy atom. The molecule has 7 nitrogen and oxygen atoms in total. The molecule has 0 saturated carbocycles. The maximum atomic E-state index is 12.5. The Kier molecular flexibility index (Phi) is 6.85. The molecular formula is C20H27N3O4S. The van der Waals surface area contributed by atoms with Crippen molar-refractivity contribution in [1.29, 1.82) is 0 Å². The molecule has 152 valence electrons. The van der Waals surface area contributed by atoms with E-state index in [4.69, 9.17) is 13.9 Å². The van der Waals surface area contributed by atoms with E-state index in [0.29, 0.717) is 11.0 Å². The number of carbonyl (C=O) groups is 1. The molecule has 2 heterocycles. The lowest BCUT2D eigenvalue weighted by molar-refractivity contribution is -0.130. The van der Waals surface area contributed by atoms with Gasteiger partial charge in [0.25, 0.3) is 5.22 Å². The minimum atomic E-state index is 0.122. The number of piperazine rings is 1. The summed E-state index contributed by atoms with van der Waals surface area (Å²) in [6.45, 7) is 7.64. The smallest absolute Gasteiger partial charge is 0.256 e. The summed E-state index contributed by atoms with van der Waals surface area (Å²) >= 11 is 1.36. The van der Waals surface area contributed by atoms with E-state index in [0.717, 1.165) is 61.2 Å². The largest absolute Gasteiger partial charge is 0.497 e. The normalized spacial score (nSPS) is 14.9. The number of aryl methyl sites for hydroxylation is 2. The first kappa shape index (κ1) is 20.5. The van der Waals surface area contributed by atoms with Crippen LogP contribution in [0.25, 0.3) is 0 Å². The number of methoxy groups -OCH3 is 2. The molecule has 0 bridgehead atoms. The van der Waals surface area contributed by atoms with E-state index < -0.39 is 0 Å². The van der Waals surface area contributed by atoms with E-state index in [2.05, 4.69) is 9.88 Å². The molecule has 28 heavy (non-hydrogen) atoms. The van der Waals surface area contributed by atoms with Gasteiger partial charge in [-0.3, -0.25) is 9.69 Å². The molecule has 8 heteroatoms. The molecule has 1 fully saturated rings. The van der Waals surface area contributed by atoms with Crippen molar-refractivity contribution >= 4 is 17.7 Å². The lowest BCUT2D eigenvalue weighted by Crippen LogP contribution is -2.48. The number of hydrogen-bond acceptors (Lipinski definition) is 7. The van der Waals surface area contributed by atoms with E-state index in [1.54, 1.807) is 14.2 Å². The van der Waals surface area contributed by atoms with Crippen LogP contribution in [0, 0.1) is 13.8 Å². The van der Waals surface area contributed by atoms with Crippen LogP contribution in [0.3, 0.4) is 0 Å². The average molecular weight is 406 g/mol. The number of benzene rings is 1. The van der Waals surface area contributed by atoms with Gasteiger partial charge in [-0.15, -0.1) is 0 Å². The number of oxazole rings is 1. The molecule has 1 aliphatic rings. The van der Waals surface area contributed by atoms with Crippen LogP contribution < -0.4 is 9.47 Å². The molecule has 0 N–H and O–H groups in total. The van der Waals surface area contributed by atoms with Gasteiger partial charge in [-0.1, -0.05) is 11.8 Å². The molecule has 0 atom stereocenters. The number of carbonyl (C=O) groups excluding carboxylic acids is 1. The van der Waals surface area contributed by atoms with E-state index >= 15 is 0 Å². The first-order chi connectivity index (χ1) is 13.5. The monoisotopic (exact) mass is 405 g/mol. The molecule has 1 aliphatic heterocycles. The van der Waals surface area contributed by atoms with Crippen LogP contribution in [-0.4, -0.2) is 66.8 Å². The van der Waals surface area contributed by atoms with E-state index in [1.807, 2.05) is 36.9 Å². The van der Waals surface area contributed by atoms with Crippen LogP contribution in [0.4, 0.5) is 0 Å². The Morgan fingerprint density at radius 3 is 2.54 bits per heavy atom. The van der Waals surface area contributed by atoms with Gasteiger partial charge in [-0.05, 0) is 32.0 Å². The lowest BCUT2D eigenvalue weighted by Gasteiger charge is -2.35. The van der Waals surface area contributed by atoms with Gasteiger partial charge in [0.05, 0.1) is 25.7 Å². The third kappa shape index (κ3) is 4.99. The van der Waals surface area contributed by atoms with Crippen molar-refractivity contribution < 1.29 is 18.7 Å². The molecule has 0 unspecified atom stereocenters. The molecule has 1 aromatic heterocycles. The topological polar surface area (TPSA) is 68.0 Å². The van der Waals surface area contributed by atoms with Crippen molar-refractivity contribution in [3.05, 3.63) is 35.2 Å². The summed E-state index contributed by atoms with van der Waals surface area (Å²) in [5.41, 5.74) is 1.96. The molecule has 1 amide bonds. The standard InChI is InChI=1S/C20H27N3O4S/c1-14-15(2)27-20(21-14)28-13-19(24)23-9-7-22(8-10-23)12-16-11-17(25-3)5-6-18(16)26-4/h5-6,11H,7-10,12-13H2,1-4H3. The number of aromatic nitrogens is 1. The Labute approximate surface area is 170 Å². The molecule has 0 radical (unpaired) electrons. The minimum absolute atomic E-state index is 0.122. The summed E-state index contributed by atoms with van der Waals surface area (Å²) in [7, 11) is 3.34. The number of rotatable bonds is 7. The third-order valence-electron chi connectivity index (χ3n) is 4.93. The van der Waals surface area contributed by atoms with Gasteiger partial charge in [-0.2, -0.15) is 0 Å². The van der Waals surface area contributed by atoms with Crippen LogP contribution in [0.2, 0.25) is 0 Å². The van der Waals surface area contributed by atoms with Gasteiger partial charge >= 0.3 is 0 Å². The quantitative estimate of drug-likeness (QED) is 0.656. The van der Waals surface area contributed by atoms with Gasteiger partial charge < -0.3 is 18.8 Å². The zero-order valence-electron chi connectivity index (χ0n) is 16.9. The van der Waals surface area contributed by atoms with Gasteiger partial charge in [0.1, 0.15) is 17.3 Å². The summed E-state index contributed by atoms with van der Waals surface area (Å²) in [4.78, 5) is 21.0. The number of ether oxygens (including phenoxy) is 2. The molecule has 1 aromatic carbocycles. The number of amides is 1. The second-order valence-corrected chi connectivity index (χ2v) is 7.67. The lowest BCUT2D eigenvalue weighted by atomic mass is 10.1. The summed E-state index contributed by atoms with van der Waals surface area (Å²) in [6, 6.07) is 5.83. The third-order valence-corrected chi connectivity index (χ3v) is 5.75. The fraction of sp³-hybridized carbons (Fsp3) is 0.500. The fourth-order valence-electron chi connectivity index (χ4n) is 3.12. The van der Waals surface area contributed by atoms with Crippen LogP contribution in [0.5, 0.6) is 11.5 Å². The maximum absolute atomic E-state index is 12.5. The summed E-state index contributed by atoms with van der Waals surface area (Å²) in [5.74, 6) is 2.95. The van der Waals surface area contributed by atoms with Crippen molar-refractivity contribution in [2.24, 2.45) is 0 Å². The van der Waals surface area contributed by atoms with E-state index in [1.165, 1.54) is 11.8 Å². The van der Waals surface area contributed by atoms with Crippen LogP contribution >= 0.6 is 11.8 Å². The summed E-state index contributed by atoms with van der Waals surface area (Å²) < 4.78 is 16.3. The highest BCUT2D eigenvalue weighted by atomic mass is 32.2. The van der Waals surface area contributed by atoms with Crippen LogP contribution in [0.15, 0.2) is 27.8 Å². The Bertz CT molecular complexity index is 796. The van der Waals surface area contributed by atoms with Crippen molar-refractivity contribution in [2.45, 2.75) is 25.6 Å². The highest BCUT2D eigenvalue weighted by molar-refractivity contribution is 7.99. The second-order valence-electron chi connectivity index (χ2n) is 6.74. The predicted molar refractivity (Wildman–Crippen MR) is 108 cm³/mol. The van der Waals surface area contributed by atoms with Gasteiger partial charge in [0.15, 0.2) is 0 Å². The first-order valence-corrected chi connectivity index (χ1v) is 10.3.